The standard InChI is InChI=1S/C13H20FNO/c1-3-11-8-13(9-11)4-6-15(7-5-13)12(16)10(2)14/h11H,2-9H2,1H3. The lowest BCUT2D eigenvalue weighted by atomic mass is 9.57. The molecule has 0 aromatic heterocycles. The van der Waals surface area contributed by atoms with Gasteiger partial charge in [0.15, 0.2) is 5.83 Å². The third-order valence-electron chi connectivity index (χ3n) is 4.36. The Kier molecular flexibility index (Phi) is 3.04. The molecule has 0 bridgehead atoms. The molecule has 3 heteroatoms. The van der Waals surface area contributed by atoms with Crippen LogP contribution in [0.2, 0.25) is 0 Å². The summed E-state index contributed by atoms with van der Waals surface area (Å²) in [4.78, 5) is 13.0. The van der Waals surface area contributed by atoms with Crippen molar-refractivity contribution in [2.75, 3.05) is 13.1 Å². The van der Waals surface area contributed by atoms with Crippen LogP contribution in [-0.2, 0) is 4.79 Å². The summed E-state index contributed by atoms with van der Waals surface area (Å²) in [6, 6.07) is 0. The van der Waals surface area contributed by atoms with Crippen molar-refractivity contribution < 1.29 is 9.18 Å². The van der Waals surface area contributed by atoms with E-state index >= 15 is 0 Å². The SMILES string of the molecule is C=C(F)C(=O)N1CCC2(CC1)CC(CC)C2. The van der Waals surface area contributed by atoms with Crippen molar-refractivity contribution in [3.05, 3.63) is 12.4 Å². The fraction of sp³-hybridized carbons (Fsp3) is 0.769. The van der Waals surface area contributed by atoms with Crippen LogP contribution in [0.5, 0.6) is 0 Å². The summed E-state index contributed by atoms with van der Waals surface area (Å²) in [5.74, 6) is -0.449. The van der Waals surface area contributed by atoms with Gasteiger partial charge in [-0.15, -0.1) is 0 Å². The minimum absolute atomic E-state index is 0.481. The van der Waals surface area contributed by atoms with Gasteiger partial charge in [0.05, 0.1) is 0 Å². The van der Waals surface area contributed by atoms with Crippen molar-refractivity contribution in [1.29, 1.82) is 0 Å². The van der Waals surface area contributed by atoms with E-state index in [1.54, 1.807) is 4.90 Å². The van der Waals surface area contributed by atoms with Crippen LogP contribution >= 0.6 is 0 Å². The lowest BCUT2D eigenvalue weighted by molar-refractivity contribution is -0.132. The van der Waals surface area contributed by atoms with Gasteiger partial charge in [0.25, 0.3) is 5.91 Å². The van der Waals surface area contributed by atoms with Crippen LogP contribution in [0.25, 0.3) is 0 Å². The lowest BCUT2D eigenvalue weighted by Crippen LogP contribution is -2.48. The number of hydrogen-bond acceptors (Lipinski definition) is 1. The highest BCUT2D eigenvalue weighted by Crippen LogP contribution is 2.53. The molecule has 2 aliphatic rings. The zero-order valence-electron chi connectivity index (χ0n) is 9.97. The number of amides is 1. The number of nitrogens with zero attached hydrogens (tertiary/aromatic N) is 1. The second kappa shape index (κ2) is 4.19. The van der Waals surface area contributed by atoms with E-state index in [1.165, 1.54) is 19.3 Å². The molecule has 1 heterocycles. The monoisotopic (exact) mass is 225 g/mol. The van der Waals surface area contributed by atoms with Gasteiger partial charge in [-0.2, -0.15) is 0 Å². The molecular weight excluding hydrogens is 205 g/mol. The highest BCUT2D eigenvalue weighted by molar-refractivity contribution is 5.90. The fourth-order valence-corrected chi connectivity index (χ4v) is 3.22. The largest absolute Gasteiger partial charge is 0.337 e. The molecule has 0 atom stereocenters. The van der Waals surface area contributed by atoms with E-state index in [-0.39, 0.29) is 0 Å². The maximum atomic E-state index is 12.7. The molecule has 0 unspecified atom stereocenters. The average molecular weight is 225 g/mol. The molecule has 90 valence electrons. The fourth-order valence-electron chi connectivity index (χ4n) is 3.22. The summed E-state index contributed by atoms with van der Waals surface area (Å²) in [7, 11) is 0. The molecule has 0 aromatic carbocycles. The molecule has 1 saturated heterocycles. The topological polar surface area (TPSA) is 20.3 Å². The maximum Gasteiger partial charge on any atom is 0.281 e. The number of carbonyl (C=O) groups excluding carboxylic acids is 1. The van der Waals surface area contributed by atoms with Crippen molar-refractivity contribution in [3.8, 4) is 0 Å². The summed E-state index contributed by atoms with van der Waals surface area (Å²) in [5.41, 5.74) is 0.481. The first-order valence-corrected chi connectivity index (χ1v) is 6.20. The quantitative estimate of drug-likeness (QED) is 0.662. The number of carbonyl (C=O) groups is 1. The molecule has 0 radical (unpaired) electrons. The van der Waals surface area contributed by atoms with E-state index in [0.717, 1.165) is 18.8 Å². The highest BCUT2D eigenvalue weighted by Gasteiger charge is 2.45. The van der Waals surface area contributed by atoms with Crippen LogP contribution in [0.1, 0.15) is 39.0 Å². The first-order valence-electron chi connectivity index (χ1n) is 6.20. The Hall–Kier alpha value is -0.860. The summed E-state index contributed by atoms with van der Waals surface area (Å²) >= 11 is 0. The third kappa shape index (κ3) is 2.00. The van der Waals surface area contributed by atoms with Gasteiger partial charge in [-0.05, 0) is 37.0 Å². The molecule has 2 rings (SSSR count). The number of rotatable bonds is 2. The van der Waals surface area contributed by atoms with E-state index in [0.29, 0.717) is 18.5 Å². The van der Waals surface area contributed by atoms with Crippen LogP contribution < -0.4 is 0 Å². The molecule has 1 aliphatic heterocycles. The minimum atomic E-state index is -0.823. The number of hydrogen-bond donors (Lipinski definition) is 0. The normalized spacial score (nSPS) is 24.2. The maximum absolute atomic E-state index is 12.7. The van der Waals surface area contributed by atoms with Gasteiger partial charge in [-0.1, -0.05) is 19.9 Å². The van der Waals surface area contributed by atoms with Crippen LogP contribution in [0, 0.1) is 11.3 Å². The molecule has 1 saturated carbocycles. The van der Waals surface area contributed by atoms with Gasteiger partial charge in [-0.25, -0.2) is 4.39 Å². The Labute approximate surface area is 96.5 Å². The second-order valence-corrected chi connectivity index (χ2v) is 5.38. The molecule has 1 spiro atoms. The number of halogens is 1. The van der Waals surface area contributed by atoms with Crippen molar-refractivity contribution in [2.45, 2.75) is 39.0 Å². The summed E-state index contributed by atoms with van der Waals surface area (Å²) in [6.07, 6.45) is 5.97. The zero-order chi connectivity index (χ0) is 11.8. The number of piperidine rings is 1. The van der Waals surface area contributed by atoms with Gasteiger partial charge in [0.2, 0.25) is 0 Å². The van der Waals surface area contributed by atoms with E-state index < -0.39 is 11.7 Å². The molecule has 1 amide bonds. The van der Waals surface area contributed by atoms with E-state index in [9.17, 15) is 9.18 Å². The molecular formula is C13H20FNO. The van der Waals surface area contributed by atoms with Gasteiger partial charge >= 0.3 is 0 Å². The molecule has 0 N–H and O–H groups in total. The van der Waals surface area contributed by atoms with Crippen LogP contribution in [0.15, 0.2) is 12.4 Å². The molecule has 16 heavy (non-hydrogen) atoms. The van der Waals surface area contributed by atoms with E-state index in [1.807, 2.05) is 0 Å². The van der Waals surface area contributed by atoms with Gasteiger partial charge in [0.1, 0.15) is 0 Å². The van der Waals surface area contributed by atoms with E-state index in [2.05, 4.69) is 13.5 Å². The summed E-state index contributed by atoms with van der Waals surface area (Å²) in [5, 5.41) is 0. The van der Waals surface area contributed by atoms with Crippen molar-refractivity contribution in [3.63, 3.8) is 0 Å². The summed E-state index contributed by atoms with van der Waals surface area (Å²) in [6.45, 7) is 6.72. The van der Waals surface area contributed by atoms with Gasteiger partial charge in [0, 0.05) is 13.1 Å². The molecule has 2 nitrogen and oxygen atoms in total. The second-order valence-electron chi connectivity index (χ2n) is 5.38. The third-order valence-corrected chi connectivity index (χ3v) is 4.36. The van der Waals surface area contributed by atoms with Crippen LogP contribution in [0.3, 0.4) is 0 Å². The Balaban J connectivity index is 1.84. The van der Waals surface area contributed by atoms with Crippen molar-refractivity contribution in [2.24, 2.45) is 11.3 Å². The molecule has 1 aliphatic carbocycles. The Morgan fingerprint density at radius 2 is 2.00 bits per heavy atom. The zero-order valence-corrected chi connectivity index (χ0v) is 9.97. The average Bonchev–Trinajstić information content (AvgIpc) is 2.25. The first kappa shape index (κ1) is 11.6. The van der Waals surface area contributed by atoms with E-state index in [4.69, 9.17) is 0 Å². The molecule has 2 fully saturated rings. The van der Waals surface area contributed by atoms with Crippen LogP contribution in [-0.4, -0.2) is 23.9 Å². The van der Waals surface area contributed by atoms with Crippen LogP contribution in [0.4, 0.5) is 4.39 Å². The van der Waals surface area contributed by atoms with Gasteiger partial charge in [-0.3, -0.25) is 4.79 Å². The van der Waals surface area contributed by atoms with Gasteiger partial charge < -0.3 is 4.90 Å². The Morgan fingerprint density at radius 3 is 2.44 bits per heavy atom. The molecule has 0 aromatic rings. The number of likely N-dealkylation sites (tertiary alicyclic amines) is 1. The predicted octanol–water partition coefficient (Wildman–Crippen LogP) is 2.90. The van der Waals surface area contributed by atoms with Crippen molar-refractivity contribution >= 4 is 5.91 Å². The lowest BCUT2D eigenvalue weighted by Gasteiger charge is -2.52. The highest BCUT2D eigenvalue weighted by atomic mass is 19.1. The smallest absolute Gasteiger partial charge is 0.281 e. The summed E-state index contributed by atoms with van der Waals surface area (Å²) < 4.78 is 12.7. The minimum Gasteiger partial charge on any atom is -0.337 e. The Bertz CT molecular complexity index is 297. The first-order chi connectivity index (χ1) is 7.56. The Morgan fingerprint density at radius 1 is 1.44 bits per heavy atom. The predicted molar refractivity (Wildman–Crippen MR) is 61.5 cm³/mol. The van der Waals surface area contributed by atoms with Crippen molar-refractivity contribution in [1.82, 2.24) is 4.90 Å².